The van der Waals surface area contributed by atoms with Gasteiger partial charge in [0.05, 0.1) is 0 Å². The smallest absolute Gasteiger partial charge is 0.207 e. The number of nitrogen functional groups attached to an aromatic ring is 1. The molecule has 0 spiro atoms. The molecule has 0 unspecified atom stereocenters. The summed E-state index contributed by atoms with van der Waals surface area (Å²) in [6.45, 7) is 0. The maximum absolute atomic E-state index is 5.74. The number of hydrogen-bond acceptors (Lipinski definition) is 5. The highest BCUT2D eigenvalue weighted by atomic mass is 32.1. The fourth-order valence-corrected chi connectivity index (χ4v) is 2.29. The SMILES string of the molecule is CN(C)c1nnc(CCc2cccc(N)c2)s1. The minimum Gasteiger partial charge on any atom is -0.399 e. The van der Waals surface area contributed by atoms with Gasteiger partial charge in [0.15, 0.2) is 0 Å². The Morgan fingerprint density at radius 1 is 1.24 bits per heavy atom. The summed E-state index contributed by atoms with van der Waals surface area (Å²) in [5.41, 5.74) is 7.80. The summed E-state index contributed by atoms with van der Waals surface area (Å²) in [5, 5.41) is 10.3. The monoisotopic (exact) mass is 248 g/mol. The normalized spacial score (nSPS) is 10.5. The Morgan fingerprint density at radius 3 is 2.71 bits per heavy atom. The van der Waals surface area contributed by atoms with Gasteiger partial charge in [-0.05, 0) is 24.1 Å². The van der Waals surface area contributed by atoms with Crippen LogP contribution in [0.3, 0.4) is 0 Å². The fourth-order valence-electron chi connectivity index (χ4n) is 1.53. The zero-order valence-corrected chi connectivity index (χ0v) is 10.9. The fraction of sp³-hybridized carbons (Fsp3) is 0.333. The molecular formula is C12H16N4S. The Bertz CT molecular complexity index is 493. The summed E-state index contributed by atoms with van der Waals surface area (Å²) in [6.07, 6.45) is 1.86. The first-order valence-electron chi connectivity index (χ1n) is 5.49. The minimum atomic E-state index is 0.814. The van der Waals surface area contributed by atoms with Crippen LogP contribution in [0.2, 0.25) is 0 Å². The molecule has 0 saturated carbocycles. The van der Waals surface area contributed by atoms with Crippen LogP contribution in [0.15, 0.2) is 24.3 Å². The van der Waals surface area contributed by atoms with Crippen molar-refractivity contribution in [1.82, 2.24) is 10.2 Å². The van der Waals surface area contributed by atoms with E-state index in [1.54, 1.807) is 11.3 Å². The Hall–Kier alpha value is -1.62. The van der Waals surface area contributed by atoms with Crippen LogP contribution in [0.4, 0.5) is 10.8 Å². The lowest BCUT2D eigenvalue weighted by atomic mass is 10.1. The minimum absolute atomic E-state index is 0.814. The highest BCUT2D eigenvalue weighted by Crippen LogP contribution is 2.19. The molecule has 0 radical (unpaired) electrons. The van der Waals surface area contributed by atoms with Crippen molar-refractivity contribution >= 4 is 22.2 Å². The molecule has 0 aliphatic heterocycles. The standard InChI is InChI=1S/C12H16N4S/c1-16(2)12-15-14-11(17-12)7-6-9-4-3-5-10(13)8-9/h3-5,8H,6-7,13H2,1-2H3. The average molecular weight is 248 g/mol. The molecule has 4 nitrogen and oxygen atoms in total. The van der Waals surface area contributed by atoms with Gasteiger partial charge in [-0.25, -0.2) is 0 Å². The Labute approximate surface area is 105 Å². The van der Waals surface area contributed by atoms with Gasteiger partial charge in [0.2, 0.25) is 5.13 Å². The second kappa shape index (κ2) is 5.14. The van der Waals surface area contributed by atoms with Crippen molar-refractivity contribution < 1.29 is 0 Å². The summed E-state index contributed by atoms with van der Waals surface area (Å²) in [4.78, 5) is 1.97. The first-order chi connectivity index (χ1) is 8.15. The predicted molar refractivity (Wildman–Crippen MR) is 72.5 cm³/mol. The van der Waals surface area contributed by atoms with Gasteiger partial charge in [-0.1, -0.05) is 23.5 Å². The zero-order valence-electron chi connectivity index (χ0n) is 10.1. The van der Waals surface area contributed by atoms with Crippen molar-refractivity contribution in [3.05, 3.63) is 34.8 Å². The molecule has 0 aliphatic rings. The Balaban J connectivity index is 1.97. The van der Waals surface area contributed by atoms with Gasteiger partial charge in [-0.2, -0.15) is 0 Å². The average Bonchev–Trinajstić information content (AvgIpc) is 2.75. The maximum atomic E-state index is 5.74. The number of rotatable bonds is 4. The highest BCUT2D eigenvalue weighted by molar-refractivity contribution is 7.15. The van der Waals surface area contributed by atoms with E-state index in [1.165, 1.54) is 5.56 Å². The molecule has 2 rings (SSSR count). The Kier molecular flexibility index (Phi) is 3.58. The van der Waals surface area contributed by atoms with Gasteiger partial charge in [-0.3, -0.25) is 0 Å². The molecule has 90 valence electrons. The van der Waals surface area contributed by atoms with Crippen LogP contribution < -0.4 is 10.6 Å². The van der Waals surface area contributed by atoms with E-state index in [9.17, 15) is 0 Å². The second-order valence-corrected chi connectivity index (χ2v) is 5.16. The Morgan fingerprint density at radius 2 is 2.06 bits per heavy atom. The molecular weight excluding hydrogens is 232 g/mol. The van der Waals surface area contributed by atoms with E-state index < -0.39 is 0 Å². The molecule has 0 amide bonds. The van der Waals surface area contributed by atoms with Crippen molar-refractivity contribution in [2.24, 2.45) is 0 Å². The summed E-state index contributed by atoms with van der Waals surface area (Å²) in [5.74, 6) is 0. The van der Waals surface area contributed by atoms with E-state index in [0.717, 1.165) is 28.7 Å². The number of benzene rings is 1. The van der Waals surface area contributed by atoms with Crippen molar-refractivity contribution in [2.75, 3.05) is 24.7 Å². The van der Waals surface area contributed by atoms with Crippen LogP contribution in [0, 0.1) is 0 Å². The van der Waals surface area contributed by atoms with Crippen molar-refractivity contribution in [2.45, 2.75) is 12.8 Å². The quantitative estimate of drug-likeness (QED) is 0.841. The molecule has 1 aromatic carbocycles. The molecule has 2 aromatic rings. The van der Waals surface area contributed by atoms with Gasteiger partial charge in [0, 0.05) is 26.2 Å². The molecule has 1 heterocycles. The lowest BCUT2D eigenvalue weighted by Crippen LogP contribution is -2.07. The number of aromatic nitrogens is 2. The second-order valence-electron chi connectivity index (χ2n) is 4.12. The van der Waals surface area contributed by atoms with Crippen molar-refractivity contribution in [1.29, 1.82) is 0 Å². The number of hydrogen-bond donors (Lipinski definition) is 1. The van der Waals surface area contributed by atoms with Crippen LogP contribution >= 0.6 is 11.3 Å². The molecule has 0 bridgehead atoms. The van der Waals surface area contributed by atoms with E-state index in [-0.39, 0.29) is 0 Å². The van der Waals surface area contributed by atoms with Gasteiger partial charge in [0.1, 0.15) is 5.01 Å². The van der Waals surface area contributed by atoms with Crippen LogP contribution in [-0.2, 0) is 12.8 Å². The van der Waals surface area contributed by atoms with Gasteiger partial charge >= 0.3 is 0 Å². The number of anilines is 2. The molecule has 1 aromatic heterocycles. The highest BCUT2D eigenvalue weighted by Gasteiger charge is 2.05. The molecule has 0 saturated heterocycles. The zero-order chi connectivity index (χ0) is 12.3. The lowest BCUT2D eigenvalue weighted by molar-refractivity contribution is 0.898. The van der Waals surface area contributed by atoms with Gasteiger partial charge in [-0.15, -0.1) is 10.2 Å². The summed E-state index contributed by atoms with van der Waals surface area (Å²) in [7, 11) is 3.95. The van der Waals surface area contributed by atoms with E-state index in [4.69, 9.17) is 5.73 Å². The van der Waals surface area contributed by atoms with Crippen LogP contribution in [-0.4, -0.2) is 24.3 Å². The van der Waals surface area contributed by atoms with Crippen LogP contribution in [0.5, 0.6) is 0 Å². The third kappa shape index (κ3) is 3.17. The third-order valence-corrected chi connectivity index (χ3v) is 3.57. The largest absolute Gasteiger partial charge is 0.399 e. The molecule has 0 aliphatic carbocycles. The van der Waals surface area contributed by atoms with Crippen molar-refractivity contribution in [3.63, 3.8) is 0 Å². The molecule has 17 heavy (non-hydrogen) atoms. The molecule has 0 fully saturated rings. The number of nitrogens with two attached hydrogens (primary N) is 1. The van der Waals surface area contributed by atoms with Crippen molar-refractivity contribution in [3.8, 4) is 0 Å². The van der Waals surface area contributed by atoms with Crippen LogP contribution in [0.1, 0.15) is 10.6 Å². The van der Waals surface area contributed by atoms with E-state index in [1.807, 2.05) is 37.2 Å². The molecule has 5 heteroatoms. The van der Waals surface area contributed by atoms with Gasteiger partial charge < -0.3 is 10.6 Å². The topological polar surface area (TPSA) is 55.0 Å². The number of aryl methyl sites for hydroxylation is 2. The van der Waals surface area contributed by atoms with E-state index >= 15 is 0 Å². The summed E-state index contributed by atoms with van der Waals surface area (Å²) < 4.78 is 0. The van der Waals surface area contributed by atoms with Gasteiger partial charge in [0.25, 0.3) is 0 Å². The first-order valence-corrected chi connectivity index (χ1v) is 6.31. The maximum Gasteiger partial charge on any atom is 0.207 e. The first kappa shape index (κ1) is 11.9. The lowest BCUT2D eigenvalue weighted by Gasteiger charge is -2.04. The van der Waals surface area contributed by atoms with E-state index in [0.29, 0.717) is 0 Å². The summed E-state index contributed by atoms with van der Waals surface area (Å²) >= 11 is 1.64. The summed E-state index contributed by atoms with van der Waals surface area (Å²) in [6, 6.07) is 7.98. The van der Waals surface area contributed by atoms with Crippen LogP contribution in [0.25, 0.3) is 0 Å². The van der Waals surface area contributed by atoms with E-state index in [2.05, 4.69) is 16.3 Å². The molecule has 2 N–H and O–H groups in total. The number of nitrogens with zero attached hydrogens (tertiary/aromatic N) is 3. The predicted octanol–water partition coefficient (Wildman–Crippen LogP) is 1.97. The third-order valence-electron chi connectivity index (χ3n) is 2.42. The molecule has 0 atom stereocenters.